The molecule has 17 heavy (non-hydrogen) atoms. The highest BCUT2D eigenvalue weighted by Crippen LogP contribution is 2.28. The predicted octanol–water partition coefficient (Wildman–Crippen LogP) is 4.67. The van der Waals surface area contributed by atoms with Gasteiger partial charge in [-0.15, -0.1) is 0 Å². The molecule has 1 aromatic carbocycles. The fraction of sp³-hybridized carbons (Fsp3) is 0.231. The maximum atomic E-state index is 5.96. The van der Waals surface area contributed by atoms with Crippen LogP contribution in [0.15, 0.2) is 39.5 Å². The number of hydrogen-bond acceptors (Lipinski definition) is 2. The van der Waals surface area contributed by atoms with Crippen LogP contribution in [-0.2, 0) is 6.42 Å². The number of benzene rings is 1. The minimum Gasteiger partial charge on any atom is -0.313 e. The van der Waals surface area contributed by atoms with Gasteiger partial charge in [0.05, 0.1) is 0 Å². The summed E-state index contributed by atoms with van der Waals surface area (Å²) in [6.07, 6.45) is 0.986. The fourth-order valence-corrected chi connectivity index (χ4v) is 3.44. The summed E-state index contributed by atoms with van der Waals surface area (Å²) in [5, 5.41) is 8.40. The Morgan fingerprint density at radius 1 is 1.41 bits per heavy atom. The number of halogens is 2. The lowest BCUT2D eigenvalue weighted by Crippen LogP contribution is -2.19. The van der Waals surface area contributed by atoms with E-state index in [4.69, 9.17) is 11.6 Å². The number of thiophene rings is 1. The van der Waals surface area contributed by atoms with Gasteiger partial charge in [0, 0.05) is 15.5 Å². The second-order valence-corrected chi connectivity index (χ2v) is 5.91. The summed E-state index contributed by atoms with van der Waals surface area (Å²) in [5.41, 5.74) is 2.60. The van der Waals surface area contributed by atoms with Crippen LogP contribution in [0, 0.1) is 0 Å². The number of rotatable bonds is 4. The molecule has 0 radical (unpaired) electrons. The Kier molecular flexibility index (Phi) is 4.62. The highest BCUT2D eigenvalue weighted by Gasteiger charge is 2.13. The first kappa shape index (κ1) is 13.1. The van der Waals surface area contributed by atoms with Crippen LogP contribution in [0.4, 0.5) is 0 Å². The Balaban J connectivity index is 2.23. The minimum absolute atomic E-state index is 0.302. The Morgan fingerprint density at radius 3 is 2.82 bits per heavy atom. The molecule has 0 aliphatic rings. The van der Waals surface area contributed by atoms with Crippen LogP contribution < -0.4 is 5.32 Å². The number of likely N-dealkylation sites (N-methyl/N-ethyl adjacent to an activating group) is 1. The molecule has 4 heteroatoms. The second-order valence-electron chi connectivity index (χ2n) is 3.84. The standard InChI is InChI=1S/C13H13BrClNS/c1-16-13(6-9-4-5-17-8-9)11-3-2-10(15)7-12(11)14/h2-5,7-8,13,16H,6H2,1H3. The monoisotopic (exact) mass is 329 g/mol. The van der Waals surface area contributed by atoms with Crippen LogP contribution in [0.1, 0.15) is 17.2 Å². The average Bonchev–Trinajstić information content (AvgIpc) is 2.79. The molecule has 1 atom stereocenters. The van der Waals surface area contributed by atoms with Crippen molar-refractivity contribution in [1.82, 2.24) is 5.32 Å². The molecule has 1 aromatic heterocycles. The summed E-state index contributed by atoms with van der Waals surface area (Å²) in [6, 6.07) is 8.41. The van der Waals surface area contributed by atoms with Crippen molar-refractivity contribution < 1.29 is 0 Å². The summed E-state index contributed by atoms with van der Waals surface area (Å²) >= 11 is 11.3. The van der Waals surface area contributed by atoms with Gasteiger partial charge in [-0.3, -0.25) is 0 Å². The van der Waals surface area contributed by atoms with E-state index in [0.29, 0.717) is 6.04 Å². The van der Waals surface area contributed by atoms with Crippen LogP contribution >= 0.6 is 38.9 Å². The van der Waals surface area contributed by atoms with Gasteiger partial charge < -0.3 is 5.32 Å². The minimum atomic E-state index is 0.302. The zero-order valence-corrected chi connectivity index (χ0v) is 12.6. The lowest BCUT2D eigenvalue weighted by atomic mass is 10.0. The van der Waals surface area contributed by atoms with Crippen molar-refractivity contribution in [2.24, 2.45) is 0 Å². The van der Waals surface area contributed by atoms with Gasteiger partial charge in [-0.2, -0.15) is 11.3 Å². The second kappa shape index (κ2) is 6.01. The maximum absolute atomic E-state index is 5.96. The number of hydrogen-bond donors (Lipinski definition) is 1. The van der Waals surface area contributed by atoms with Crippen LogP contribution in [0.2, 0.25) is 5.02 Å². The molecular formula is C13H13BrClNS. The smallest absolute Gasteiger partial charge is 0.0417 e. The average molecular weight is 331 g/mol. The summed E-state index contributed by atoms with van der Waals surface area (Å²) in [7, 11) is 1.98. The van der Waals surface area contributed by atoms with Crippen LogP contribution in [0.3, 0.4) is 0 Å². The van der Waals surface area contributed by atoms with E-state index >= 15 is 0 Å². The van der Waals surface area contributed by atoms with E-state index in [-0.39, 0.29) is 0 Å². The van der Waals surface area contributed by atoms with Crippen molar-refractivity contribution in [3.63, 3.8) is 0 Å². The van der Waals surface area contributed by atoms with E-state index in [2.05, 4.69) is 44.1 Å². The first-order valence-corrected chi connectivity index (χ1v) is 7.45. The van der Waals surface area contributed by atoms with Crippen molar-refractivity contribution in [3.8, 4) is 0 Å². The first-order valence-electron chi connectivity index (χ1n) is 5.34. The van der Waals surface area contributed by atoms with Gasteiger partial charge in [-0.1, -0.05) is 33.6 Å². The zero-order valence-electron chi connectivity index (χ0n) is 9.41. The van der Waals surface area contributed by atoms with Crippen molar-refractivity contribution in [2.75, 3.05) is 7.05 Å². The van der Waals surface area contributed by atoms with E-state index < -0.39 is 0 Å². The van der Waals surface area contributed by atoms with E-state index in [0.717, 1.165) is 15.9 Å². The van der Waals surface area contributed by atoms with Gasteiger partial charge in [-0.25, -0.2) is 0 Å². The fourth-order valence-electron chi connectivity index (χ4n) is 1.80. The van der Waals surface area contributed by atoms with Gasteiger partial charge in [0.15, 0.2) is 0 Å². The van der Waals surface area contributed by atoms with E-state index in [9.17, 15) is 0 Å². The first-order chi connectivity index (χ1) is 8.20. The molecule has 0 aliphatic heterocycles. The maximum Gasteiger partial charge on any atom is 0.0417 e. The van der Waals surface area contributed by atoms with Gasteiger partial charge in [0.1, 0.15) is 0 Å². The predicted molar refractivity (Wildman–Crippen MR) is 79.0 cm³/mol. The van der Waals surface area contributed by atoms with Crippen molar-refractivity contribution >= 4 is 38.9 Å². The lowest BCUT2D eigenvalue weighted by molar-refractivity contribution is 0.590. The molecule has 0 saturated carbocycles. The molecule has 0 aliphatic carbocycles. The molecule has 2 aromatic rings. The third kappa shape index (κ3) is 3.32. The largest absolute Gasteiger partial charge is 0.313 e. The zero-order chi connectivity index (χ0) is 12.3. The molecule has 1 unspecified atom stereocenters. The normalized spacial score (nSPS) is 12.6. The Hall–Kier alpha value is -0.350. The van der Waals surface area contributed by atoms with E-state index in [1.807, 2.05) is 19.2 Å². The molecular weight excluding hydrogens is 318 g/mol. The van der Waals surface area contributed by atoms with E-state index in [1.54, 1.807) is 11.3 Å². The molecule has 0 bridgehead atoms. The Bertz CT molecular complexity index is 484. The molecule has 0 amide bonds. The van der Waals surface area contributed by atoms with Gasteiger partial charge in [0.2, 0.25) is 0 Å². The Labute approximate surface area is 119 Å². The summed E-state index contributed by atoms with van der Waals surface area (Å²) in [6.45, 7) is 0. The van der Waals surface area contributed by atoms with Gasteiger partial charge in [-0.05, 0) is 53.6 Å². The quantitative estimate of drug-likeness (QED) is 0.859. The highest BCUT2D eigenvalue weighted by atomic mass is 79.9. The summed E-state index contributed by atoms with van der Waals surface area (Å²) < 4.78 is 1.06. The molecule has 0 fully saturated rings. The SMILES string of the molecule is CNC(Cc1ccsc1)c1ccc(Cl)cc1Br. The highest BCUT2D eigenvalue weighted by molar-refractivity contribution is 9.10. The van der Waals surface area contributed by atoms with Crippen LogP contribution in [0.25, 0.3) is 0 Å². The topological polar surface area (TPSA) is 12.0 Å². The van der Waals surface area contributed by atoms with Crippen molar-refractivity contribution in [1.29, 1.82) is 0 Å². The van der Waals surface area contributed by atoms with Gasteiger partial charge >= 0.3 is 0 Å². The van der Waals surface area contributed by atoms with Crippen molar-refractivity contribution in [2.45, 2.75) is 12.5 Å². The summed E-state index contributed by atoms with van der Waals surface area (Å²) in [4.78, 5) is 0. The molecule has 90 valence electrons. The van der Waals surface area contributed by atoms with Crippen LogP contribution in [0.5, 0.6) is 0 Å². The molecule has 1 heterocycles. The summed E-state index contributed by atoms with van der Waals surface area (Å²) in [5.74, 6) is 0. The van der Waals surface area contributed by atoms with Crippen LogP contribution in [-0.4, -0.2) is 7.05 Å². The number of nitrogens with one attached hydrogen (secondary N) is 1. The third-order valence-corrected chi connectivity index (χ3v) is 4.36. The molecule has 1 nitrogen and oxygen atoms in total. The Morgan fingerprint density at radius 2 is 2.24 bits per heavy atom. The van der Waals surface area contributed by atoms with E-state index in [1.165, 1.54) is 11.1 Å². The van der Waals surface area contributed by atoms with Gasteiger partial charge in [0.25, 0.3) is 0 Å². The molecule has 1 N–H and O–H groups in total. The third-order valence-electron chi connectivity index (χ3n) is 2.71. The van der Waals surface area contributed by atoms with Crippen molar-refractivity contribution in [3.05, 3.63) is 55.6 Å². The lowest BCUT2D eigenvalue weighted by Gasteiger charge is -2.17. The molecule has 0 saturated heterocycles. The molecule has 0 spiro atoms. The molecule has 2 rings (SSSR count).